The van der Waals surface area contributed by atoms with Gasteiger partial charge in [0, 0.05) is 29.9 Å². The third-order valence-electron chi connectivity index (χ3n) is 4.36. The molecule has 1 atom stereocenters. The SMILES string of the molecule is CCc1ccc(CNC(=NC)NCC(C)CN2CCCCC2)s1.I. The van der Waals surface area contributed by atoms with Gasteiger partial charge in [-0.2, -0.15) is 0 Å². The Bertz CT molecular complexity index is 483. The number of likely N-dealkylation sites (tertiary alicyclic amines) is 1. The molecule has 0 aliphatic carbocycles. The van der Waals surface area contributed by atoms with E-state index in [9.17, 15) is 0 Å². The van der Waals surface area contributed by atoms with Gasteiger partial charge in [-0.1, -0.05) is 20.3 Å². The highest BCUT2D eigenvalue weighted by molar-refractivity contribution is 14.0. The lowest BCUT2D eigenvalue weighted by molar-refractivity contribution is 0.201. The molecule has 1 aliphatic rings. The van der Waals surface area contributed by atoms with Crippen LogP contribution >= 0.6 is 35.3 Å². The van der Waals surface area contributed by atoms with Crippen molar-refractivity contribution in [3.8, 4) is 0 Å². The molecule has 0 amide bonds. The first-order valence-electron chi connectivity index (χ1n) is 8.95. The van der Waals surface area contributed by atoms with Gasteiger partial charge in [0.05, 0.1) is 6.54 Å². The molecule has 1 aromatic rings. The Balaban J connectivity index is 0.00000288. The van der Waals surface area contributed by atoms with Crippen LogP contribution in [0.25, 0.3) is 0 Å². The minimum atomic E-state index is 0. The predicted molar refractivity (Wildman–Crippen MR) is 117 cm³/mol. The quantitative estimate of drug-likeness (QED) is 0.367. The molecule has 138 valence electrons. The standard InChI is InChI=1S/C18H32N4S.HI/c1-4-16-8-9-17(23-16)13-21-18(19-3)20-12-15(2)14-22-10-6-5-7-11-22;/h8-9,15H,4-7,10-14H2,1-3H3,(H2,19,20,21);1H. The molecule has 1 aromatic heterocycles. The minimum absolute atomic E-state index is 0. The maximum Gasteiger partial charge on any atom is 0.191 e. The molecule has 24 heavy (non-hydrogen) atoms. The van der Waals surface area contributed by atoms with Crippen LogP contribution < -0.4 is 10.6 Å². The topological polar surface area (TPSA) is 39.7 Å². The molecular formula is C18H33IN4S. The maximum atomic E-state index is 4.33. The number of thiophene rings is 1. The van der Waals surface area contributed by atoms with Crippen molar-refractivity contribution in [3.63, 3.8) is 0 Å². The Kier molecular flexibility index (Phi) is 10.9. The van der Waals surface area contributed by atoms with Gasteiger partial charge in [0.15, 0.2) is 5.96 Å². The molecule has 0 bridgehead atoms. The number of rotatable bonds is 7. The van der Waals surface area contributed by atoms with Crippen LogP contribution in [-0.4, -0.2) is 44.1 Å². The summed E-state index contributed by atoms with van der Waals surface area (Å²) in [7, 11) is 1.84. The van der Waals surface area contributed by atoms with E-state index < -0.39 is 0 Å². The van der Waals surface area contributed by atoms with Crippen LogP contribution in [0.3, 0.4) is 0 Å². The fourth-order valence-electron chi connectivity index (χ4n) is 3.02. The lowest BCUT2D eigenvalue weighted by Gasteiger charge is -2.29. The van der Waals surface area contributed by atoms with Crippen molar-refractivity contribution >= 4 is 41.3 Å². The molecule has 2 rings (SSSR count). The summed E-state index contributed by atoms with van der Waals surface area (Å²) in [6.45, 7) is 10.1. The molecule has 0 saturated carbocycles. The summed E-state index contributed by atoms with van der Waals surface area (Å²) in [6.07, 6.45) is 5.25. The Labute approximate surface area is 168 Å². The normalized spacial score (nSPS) is 17.2. The second-order valence-corrected chi connectivity index (χ2v) is 7.75. The Hall–Kier alpha value is -0.340. The van der Waals surface area contributed by atoms with Crippen LogP contribution in [0.15, 0.2) is 17.1 Å². The molecule has 6 heteroatoms. The summed E-state index contributed by atoms with van der Waals surface area (Å²) in [5.41, 5.74) is 0. The Morgan fingerprint density at radius 2 is 1.92 bits per heavy atom. The third-order valence-corrected chi connectivity index (χ3v) is 5.59. The molecule has 0 spiro atoms. The third kappa shape index (κ3) is 7.70. The fourth-order valence-corrected chi connectivity index (χ4v) is 3.91. The van der Waals surface area contributed by atoms with Crippen LogP contribution in [0.1, 0.15) is 42.9 Å². The summed E-state index contributed by atoms with van der Waals surface area (Å²) >= 11 is 1.88. The van der Waals surface area contributed by atoms with Crippen molar-refractivity contribution in [1.82, 2.24) is 15.5 Å². The van der Waals surface area contributed by atoms with E-state index in [1.54, 1.807) is 0 Å². The van der Waals surface area contributed by atoms with E-state index in [1.165, 1.54) is 48.7 Å². The van der Waals surface area contributed by atoms with E-state index in [-0.39, 0.29) is 24.0 Å². The van der Waals surface area contributed by atoms with Gasteiger partial charge >= 0.3 is 0 Å². The largest absolute Gasteiger partial charge is 0.356 e. The van der Waals surface area contributed by atoms with Crippen LogP contribution in [0, 0.1) is 5.92 Å². The zero-order chi connectivity index (χ0) is 16.5. The highest BCUT2D eigenvalue weighted by atomic mass is 127. The summed E-state index contributed by atoms with van der Waals surface area (Å²) < 4.78 is 0. The van der Waals surface area contributed by atoms with Crippen molar-refractivity contribution < 1.29 is 0 Å². The zero-order valence-corrected chi connectivity index (χ0v) is 18.5. The number of nitrogens with one attached hydrogen (secondary N) is 2. The summed E-state index contributed by atoms with van der Waals surface area (Å²) in [4.78, 5) is 9.75. The van der Waals surface area contributed by atoms with Gasteiger partial charge in [0.1, 0.15) is 0 Å². The maximum absolute atomic E-state index is 4.33. The average molecular weight is 464 g/mol. The van der Waals surface area contributed by atoms with Gasteiger partial charge in [0.25, 0.3) is 0 Å². The fraction of sp³-hybridized carbons (Fsp3) is 0.722. The number of halogens is 1. The molecule has 0 aromatic carbocycles. The van der Waals surface area contributed by atoms with Crippen molar-refractivity contribution in [2.24, 2.45) is 10.9 Å². The molecule has 1 unspecified atom stereocenters. The van der Waals surface area contributed by atoms with Crippen LogP contribution in [0.4, 0.5) is 0 Å². The van der Waals surface area contributed by atoms with Crippen molar-refractivity contribution in [3.05, 3.63) is 21.9 Å². The molecule has 4 nitrogen and oxygen atoms in total. The van der Waals surface area contributed by atoms with Crippen LogP contribution in [0.2, 0.25) is 0 Å². The number of hydrogen-bond donors (Lipinski definition) is 2. The minimum Gasteiger partial charge on any atom is -0.356 e. The predicted octanol–water partition coefficient (Wildman–Crippen LogP) is 3.72. The molecule has 2 heterocycles. The zero-order valence-electron chi connectivity index (χ0n) is 15.3. The number of aliphatic imine (C=N–C) groups is 1. The molecule has 2 N–H and O–H groups in total. The number of hydrogen-bond acceptors (Lipinski definition) is 3. The van der Waals surface area contributed by atoms with Gasteiger partial charge in [0.2, 0.25) is 0 Å². The van der Waals surface area contributed by atoms with E-state index in [2.05, 4.69) is 46.5 Å². The monoisotopic (exact) mass is 464 g/mol. The smallest absolute Gasteiger partial charge is 0.191 e. The second-order valence-electron chi connectivity index (χ2n) is 6.49. The first-order valence-corrected chi connectivity index (χ1v) is 9.77. The highest BCUT2D eigenvalue weighted by Crippen LogP contribution is 2.16. The van der Waals surface area contributed by atoms with Gasteiger partial charge < -0.3 is 15.5 Å². The Morgan fingerprint density at radius 1 is 1.21 bits per heavy atom. The summed E-state index contributed by atoms with van der Waals surface area (Å²) in [5, 5.41) is 6.88. The van der Waals surface area contributed by atoms with Crippen molar-refractivity contribution in [2.75, 3.05) is 33.2 Å². The number of guanidine groups is 1. The number of aryl methyl sites for hydroxylation is 1. The molecular weight excluding hydrogens is 431 g/mol. The molecule has 1 saturated heterocycles. The van der Waals surface area contributed by atoms with E-state index >= 15 is 0 Å². The summed E-state index contributed by atoms with van der Waals surface area (Å²) in [6, 6.07) is 4.43. The highest BCUT2D eigenvalue weighted by Gasteiger charge is 2.13. The lowest BCUT2D eigenvalue weighted by atomic mass is 10.1. The van der Waals surface area contributed by atoms with Gasteiger partial charge in [-0.3, -0.25) is 4.99 Å². The second kappa shape index (κ2) is 12.1. The van der Waals surface area contributed by atoms with E-state index in [4.69, 9.17) is 0 Å². The van der Waals surface area contributed by atoms with Crippen LogP contribution in [0.5, 0.6) is 0 Å². The van der Waals surface area contributed by atoms with Gasteiger partial charge in [-0.05, 0) is 50.4 Å². The molecule has 1 fully saturated rings. The van der Waals surface area contributed by atoms with Crippen molar-refractivity contribution in [1.29, 1.82) is 0 Å². The van der Waals surface area contributed by atoms with Gasteiger partial charge in [-0.25, -0.2) is 0 Å². The average Bonchev–Trinajstić information content (AvgIpc) is 3.04. The number of piperidine rings is 1. The van der Waals surface area contributed by atoms with Crippen LogP contribution in [-0.2, 0) is 13.0 Å². The van der Waals surface area contributed by atoms with Gasteiger partial charge in [-0.15, -0.1) is 35.3 Å². The Morgan fingerprint density at radius 3 is 2.54 bits per heavy atom. The van der Waals surface area contributed by atoms with E-state index in [0.717, 1.165) is 25.5 Å². The number of nitrogens with zero attached hydrogens (tertiary/aromatic N) is 2. The summed E-state index contributed by atoms with van der Waals surface area (Å²) in [5.74, 6) is 1.54. The first kappa shape index (κ1) is 21.7. The molecule has 0 radical (unpaired) electrons. The van der Waals surface area contributed by atoms with E-state index in [1.807, 2.05) is 18.4 Å². The molecule has 1 aliphatic heterocycles. The van der Waals surface area contributed by atoms with Crippen molar-refractivity contribution in [2.45, 2.75) is 46.1 Å². The lowest BCUT2D eigenvalue weighted by Crippen LogP contribution is -2.42. The van der Waals surface area contributed by atoms with E-state index in [0.29, 0.717) is 5.92 Å². The first-order chi connectivity index (χ1) is 11.2.